The van der Waals surface area contributed by atoms with Crippen molar-refractivity contribution in [2.24, 2.45) is 0 Å². The van der Waals surface area contributed by atoms with E-state index in [9.17, 15) is 4.79 Å². The summed E-state index contributed by atoms with van der Waals surface area (Å²) < 4.78 is 11.1. The van der Waals surface area contributed by atoms with Gasteiger partial charge in [0, 0.05) is 20.2 Å². The van der Waals surface area contributed by atoms with Gasteiger partial charge >= 0.3 is 5.97 Å². The van der Waals surface area contributed by atoms with Crippen LogP contribution in [0.15, 0.2) is 24.3 Å². The van der Waals surface area contributed by atoms with Crippen molar-refractivity contribution in [3.63, 3.8) is 0 Å². The van der Waals surface area contributed by atoms with Crippen LogP contribution in [0.4, 0.5) is 0 Å². The van der Waals surface area contributed by atoms with Crippen LogP contribution in [0, 0.1) is 0 Å². The van der Waals surface area contributed by atoms with Crippen molar-refractivity contribution in [1.82, 2.24) is 4.90 Å². The molecule has 1 fully saturated rings. The number of ether oxygens (including phenoxy) is 2. The zero-order chi connectivity index (χ0) is 13.7. The van der Waals surface area contributed by atoms with Crippen molar-refractivity contribution < 1.29 is 19.4 Å². The monoisotopic (exact) mass is 265 g/mol. The van der Waals surface area contributed by atoms with E-state index >= 15 is 0 Å². The molecule has 0 bridgehead atoms. The summed E-state index contributed by atoms with van der Waals surface area (Å²) in [6.45, 7) is 2.53. The Kier molecular flexibility index (Phi) is 4.76. The average Bonchev–Trinajstić information content (AvgIpc) is 2.92. The third-order valence-electron chi connectivity index (χ3n) is 3.23. The predicted molar refractivity (Wildman–Crippen MR) is 70.5 cm³/mol. The summed E-state index contributed by atoms with van der Waals surface area (Å²) in [7, 11) is 1.65. The number of likely N-dealkylation sites (tertiary alicyclic amines) is 1. The molecule has 19 heavy (non-hydrogen) atoms. The Morgan fingerprint density at radius 2 is 1.95 bits per heavy atom. The van der Waals surface area contributed by atoms with Crippen molar-refractivity contribution in [2.45, 2.75) is 19.1 Å². The van der Waals surface area contributed by atoms with Gasteiger partial charge in [-0.15, -0.1) is 0 Å². The maximum Gasteiger partial charge on any atom is 0.335 e. The fourth-order valence-corrected chi connectivity index (χ4v) is 2.22. The van der Waals surface area contributed by atoms with E-state index in [4.69, 9.17) is 14.6 Å². The van der Waals surface area contributed by atoms with E-state index in [2.05, 4.69) is 4.90 Å². The molecule has 1 aromatic rings. The standard InChI is InChI=1S/C14H19NO4/c1-18-10-13(15-8-2-3-9-15)19-12-6-4-11(5-7-12)14(16)17/h4-7,13H,2-3,8-10H2,1H3,(H,16,17). The Labute approximate surface area is 112 Å². The minimum absolute atomic E-state index is 0.108. The lowest BCUT2D eigenvalue weighted by Crippen LogP contribution is -2.40. The lowest BCUT2D eigenvalue weighted by molar-refractivity contribution is -0.0175. The molecule has 1 aromatic carbocycles. The highest BCUT2D eigenvalue weighted by Crippen LogP contribution is 2.18. The molecule has 1 saturated heterocycles. The van der Waals surface area contributed by atoms with Crippen LogP contribution in [0.2, 0.25) is 0 Å². The van der Waals surface area contributed by atoms with E-state index in [0.717, 1.165) is 13.1 Å². The summed E-state index contributed by atoms with van der Waals surface area (Å²) in [4.78, 5) is 13.0. The summed E-state index contributed by atoms with van der Waals surface area (Å²) in [5, 5.41) is 8.85. The van der Waals surface area contributed by atoms with Crippen LogP contribution in [0.25, 0.3) is 0 Å². The number of rotatable bonds is 6. The van der Waals surface area contributed by atoms with Gasteiger partial charge in [-0.2, -0.15) is 0 Å². The molecule has 0 amide bonds. The summed E-state index contributed by atoms with van der Waals surface area (Å²) in [5.41, 5.74) is 0.261. The van der Waals surface area contributed by atoms with Gasteiger partial charge in [0.25, 0.3) is 0 Å². The molecular formula is C14H19NO4. The second kappa shape index (κ2) is 6.54. The number of hydrogen-bond donors (Lipinski definition) is 1. The maximum atomic E-state index is 10.8. The molecule has 0 radical (unpaired) electrons. The number of carboxylic acid groups (broad SMARTS) is 1. The van der Waals surface area contributed by atoms with Crippen LogP contribution in [0.1, 0.15) is 23.2 Å². The van der Waals surface area contributed by atoms with Gasteiger partial charge in [-0.3, -0.25) is 4.90 Å². The molecule has 1 N–H and O–H groups in total. The van der Waals surface area contributed by atoms with Gasteiger partial charge in [0.05, 0.1) is 12.2 Å². The smallest absolute Gasteiger partial charge is 0.335 e. The van der Waals surface area contributed by atoms with Gasteiger partial charge in [-0.05, 0) is 37.1 Å². The summed E-state index contributed by atoms with van der Waals surface area (Å²) in [6.07, 6.45) is 2.26. The lowest BCUT2D eigenvalue weighted by atomic mass is 10.2. The first-order valence-corrected chi connectivity index (χ1v) is 6.43. The van der Waals surface area contributed by atoms with Gasteiger partial charge in [-0.1, -0.05) is 0 Å². The molecule has 1 unspecified atom stereocenters. The second-order valence-corrected chi connectivity index (χ2v) is 4.60. The maximum absolute atomic E-state index is 10.8. The topological polar surface area (TPSA) is 59.0 Å². The van der Waals surface area contributed by atoms with E-state index in [-0.39, 0.29) is 11.8 Å². The molecule has 104 valence electrons. The van der Waals surface area contributed by atoms with Gasteiger partial charge in [-0.25, -0.2) is 4.79 Å². The van der Waals surface area contributed by atoms with E-state index < -0.39 is 5.97 Å². The highest BCUT2D eigenvalue weighted by molar-refractivity contribution is 5.87. The largest absolute Gasteiger partial charge is 0.478 e. The molecule has 1 atom stereocenters. The molecular weight excluding hydrogens is 246 g/mol. The normalized spacial score (nSPS) is 17.3. The average molecular weight is 265 g/mol. The van der Waals surface area contributed by atoms with E-state index in [1.165, 1.54) is 12.8 Å². The Hall–Kier alpha value is -1.59. The molecule has 5 heteroatoms. The SMILES string of the molecule is COCC(Oc1ccc(C(=O)O)cc1)N1CCCC1. The lowest BCUT2D eigenvalue weighted by Gasteiger charge is -2.27. The van der Waals surface area contributed by atoms with Crippen molar-refractivity contribution >= 4 is 5.97 Å². The Morgan fingerprint density at radius 1 is 1.32 bits per heavy atom. The quantitative estimate of drug-likeness (QED) is 0.850. The van der Waals surface area contributed by atoms with E-state index in [1.54, 1.807) is 31.4 Å². The predicted octanol–water partition coefficient (Wildman–Crippen LogP) is 1.83. The number of carbonyl (C=O) groups is 1. The van der Waals surface area contributed by atoms with E-state index in [1.807, 2.05) is 0 Å². The Morgan fingerprint density at radius 3 is 2.47 bits per heavy atom. The van der Waals surface area contributed by atoms with Crippen molar-refractivity contribution in [2.75, 3.05) is 26.8 Å². The van der Waals surface area contributed by atoms with Crippen LogP contribution in [0.3, 0.4) is 0 Å². The van der Waals surface area contributed by atoms with Crippen LogP contribution in [-0.4, -0.2) is 49.0 Å². The number of nitrogens with zero attached hydrogens (tertiary/aromatic N) is 1. The first-order chi connectivity index (χ1) is 9.20. The zero-order valence-electron chi connectivity index (χ0n) is 11.0. The summed E-state index contributed by atoms with van der Waals surface area (Å²) in [6, 6.07) is 6.46. The van der Waals surface area contributed by atoms with Crippen molar-refractivity contribution in [3.8, 4) is 5.75 Å². The highest BCUT2D eigenvalue weighted by atomic mass is 16.5. The first kappa shape index (κ1) is 13.8. The van der Waals surface area contributed by atoms with Crippen LogP contribution >= 0.6 is 0 Å². The van der Waals surface area contributed by atoms with Gasteiger partial charge in [0.2, 0.25) is 0 Å². The molecule has 0 spiro atoms. The number of benzene rings is 1. The molecule has 5 nitrogen and oxygen atoms in total. The molecule has 1 heterocycles. The number of carboxylic acids is 1. The third kappa shape index (κ3) is 3.68. The van der Waals surface area contributed by atoms with Gasteiger partial charge < -0.3 is 14.6 Å². The first-order valence-electron chi connectivity index (χ1n) is 6.43. The molecule has 0 aliphatic carbocycles. The molecule has 2 rings (SSSR count). The summed E-state index contributed by atoms with van der Waals surface area (Å²) >= 11 is 0. The van der Waals surface area contributed by atoms with Crippen LogP contribution in [-0.2, 0) is 4.74 Å². The number of hydrogen-bond acceptors (Lipinski definition) is 4. The van der Waals surface area contributed by atoms with Gasteiger partial charge in [0.15, 0.2) is 6.23 Å². The number of methoxy groups -OCH3 is 1. The van der Waals surface area contributed by atoms with Crippen LogP contribution < -0.4 is 4.74 Å². The minimum Gasteiger partial charge on any atom is -0.478 e. The molecule has 1 aliphatic heterocycles. The second-order valence-electron chi connectivity index (χ2n) is 4.60. The minimum atomic E-state index is -0.931. The fourth-order valence-electron chi connectivity index (χ4n) is 2.22. The summed E-state index contributed by atoms with van der Waals surface area (Å²) in [5.74, 6) is -0.265. The number of aromatic carboxylic acids is 1. The van der Waals surface area contributed by atoms with E-state index in [0.29, 0.717) is 12.4 Å². The highest BCUT2D eigenvalue weighted by Gasteiger charge is 2.23. The van der Waals surface area contributed by atoms with Crippen molar-refractivity contribution in [1.29, 1.82) is 0 Å². The van der Waals surface area contributed by atoms with Crippen LogP contribution in [0.5, 0.6) is 5.75 Å². The Balaban J connectivity index is 2.01. The third-order valence-corrected chi connectivity index (χ3v) is 3.23. The Bertz CT molecular complexity index is 412. The molecule has 0 saturated carbocycles. The fraction of sp³-hybridized carbons (Fsp3) is 0.500. The van der Waals surface area contributed by atoms with Gasteiger partial charge in [0.1, 0.15) is 5.75 Å². The molecule has 1 aliphatic rings. The molecule has 0 aromatic heterocycles. The van der Waals surface area contributed by atoms with Crippen molar-refractivity contribution in [3.05, 3.63) is 29.8 Å². The zero-order valence-corrected chi connectivity index (χ0v) is 11.0.